The molecule has 1 aliphatic heterocycles. The number of aliphatic hydroxyl groups excluding tert-OH is 1. The Morgan fingerprint density at radius 1 is 1.02 bits per heavy atom. The second-order valence-corrected chi connectivity index (χ2v) is 16.5. The fourth-order valence-electron chi connectivity index (χ4n) is 7.07. The van der Waals surface area contributed by atoms with Crippen LogP contribution in [-0.4, -0.2) is 80.4 Å². The molecule has 0 saturated carbocycles. The van der Waals surface area contributed by atoms with Gasteiger partial charge in [-0.2, -0.15) is 10.4 Å². The highest BCUT2D eigenvalue weighted by Crippen LogP contribution is 2.46. The van der Waals surface area contributed by atoms with Crippen LogP contribution in [0, 0.1) is 17.1 Å². The number of carboxylic acid groups (broad SMARTS) is 1. The molecule has 5 atom stereocenters. The number of unbranched alkanes of at least 4 members (excludes halogenated alkanes) is 15. The standard InChI is InChI=1S/C41H61FN5O10P/c1-2-3-4-5-6-7-8-9-10-11-12-13-14-15-16-17-20-53-26-34(54-25-31-21-32(40(49)50)23-33(42)22-31)27-55-58(51,52)56-28-37-36(48)24-41(29-43,57-37)38-19-18-35-39(44)45-30-46-47(35)38/h18-19,21-23,30,34,36-37,48H,2-17,20,24-28H2,1H3,(H,49,50)(H,51,52)(H2,44,45,46)/t34-,36+,37-,41+/m1/s1. The molecule has 1 fully saturated rings. The SMILES string of the molecule is CCCCCCCCCCCCCCCCCCOC[C@H](COP(=O)(O)OC[C@H]1O[C@@](C#N)(c2ccc3c(N)ncnn23)C[C@@H]1O)OCc1cc(F)cc(C(=O)O)c1. The summed E-state index contributed by atoms with van der Waals surface area (Å²) in [7, 11) is -4.77. The number of aromatic carboxylic acids is 1. The van der Waals surface area contributed by atoms with Gasteiger partial charge < -0.3 is 35.1 Å². The van der Waals surface area contributed by atoms with E-state index in [-0.39, 0.29) is 42.3 Å². The Labute approximate surface area is 340 Å². The third kappa shape index (κ3) is 15.3. The Bertz CT molecular complexity index is 1790. The molecule has 5 N–H and O–H groups in total. The van der Waals surface area contributed by atoms with E-state index in [9.17, 15) is 34.1 Å². The fraction of sp³-hybridized carbons (Fsp3) is 0.659. The van der Waals surface area contributed by atoms with E-state index in [1.165, 1.54) is 100 Å². The van der Waals surface area contributed by atoms with Gasteiger partial charge in [-0.05, 0) is 42.3 Å². The van der Waals surface area contributed by atoms with Gasteiger partial charge in [0, 0.05) is 13.0 Å². The number of hydrogen-bond acceptors (Lipinski definition) is 12. The van der Waals surface area contributed by atoms with Crippen LogP contribution in [-0.2, 0) is 40.0 Å². The van der Waals surface area contributed by atoms with Crippen molar-refractivity contribution in [2.45, 2.75) is 147 Å². The van der Waals surface area contributed by atoms with Crippen LogP contribution in [0.3, 0.4) is 0 Å². The molecule has 322 valence electrons. The summed E-state index contributed by atoms with van der Waals surface area (Å²) < 4.78 is 56.5. The zero-order valence-electron chi connectivity index (χ0n) is 33.6. The van der Waals surface area contributed by atoms with Crippen molar-refractivity contribution < 1.29 is 52.1 Å². The Morgan fingerprint density at radius 2 is 1.66 bits per heavy atom. The topological polar surface area (TPSA) is 221 Å². The molecule has 0 bridgehead atoms. The Hall–Kier alpha value is -3.52. The maximum absolute atomic E-state index is 14.1. The summed E-state index contributed by atoms with van der Waals surface area (Å²) in [5.41, 5.74) is 4.97. The largest absolute Gasteiger partial charge is 0.478 e. The monoisotopic (exact) mass is 833 g/mol. The lowest BCUT2D eigenvalue weighted by Gasteiger charge is -2.23. The summed E-state index contributed by atoms with van der Waals surface area (Å²) in [5.74, 6) is -1.87. The molecule has 15 nitrogen and oxygen atoms in total. The second-order valence-electron chi connectivity index (χ2n) is 15.1. The summed E-state index contributed by atoms with van der Waals surface area (Å²) in [6.45, 7) is 1.34. The quantitative estimate of drug-likeness (QED) is 0.0369. The summed E-state index contributed by atoms with van der Waals surface area (Å²) >= 11 is 0. The van der Waals surface area contributed by atoms with Crippen LogP contribution in [0.25, 0.3) is 5.52 Å². The number of phosphoric acid groups is 1. The van der Waals surface area contributed by atoms with E-state index in [0.29, 0.717) is 12.1 Å². The number of nitrogens with zero attached hydrogens (tertiary/aromatic N) is 4. The Kier molecular flexibility index (Phi) is 20.0. The molecule has 0 amide bonds. The number of hydrogen-bond donors (Lipinski definition) is 4. The van der Waals surface area contributed by atoms with E-state index in [4.69, 9.17) is 29.0 Å². The van der Waals surface area contributed by atoms with Gasteiger partial charge in [-0.15, -0.1) is 0 Å². The van der Waals surface area contributed by atoms with Crippen LogP contribution in [0.4, 0.5) is 10.2 Å². The maximum Gasteiger partial charge on any atom is 0.472 e. The number of aromatic nitrogens is 3. The van der Waals surface area contributed by atoms with Crippen molar-refractivity contribution in [1.29, 1.82) is 5.26 Å². The van der Waals surface area contributed by atoms with Crippen molar-refractivity contribution in [1.82, 2.24) is 14.6 Å². The van der Waals surface area contributed by atoms with E-state index in [2.05, 4.69) is 23.1 Å². The molecule has 3 aromatic rings. The number of ether oxygens (including phenoxy) is 3. The van der Waals surface area contributed by atoms with Gasteiger partial charge in [0.15, 0.2) is 11.4 Å². The first-order chi connectivity index (χ1) is 28.0. The number of carboxylic acids is 1. The van der Waals surface area contributed by atoms with Gasteiger partial charge in [0.1, 0.15) is 35.9 Å². The summed E-state index contributed by atoms with van der Waals surface area (Å²) in [4.78, 5) is 25.9. The van der Waals surface area contributed by atoms with E-state index < -0.39 is 56.7 Å². The minimum Gasteiger partial charge on any atom is -0.478 e. The van der Waals surface area contributed by atoms with E-state index in [1.54, 1.807) is 12.1 Å². The van der Waals surface area contributed by atoms with Crippen molar-refractivity contribution >= 4 is 25.1 Å². The molecule has 1 aromatic carbocycles. The van der Waals surface area contributed by atoms with Crippen LogP contribution in [0.15, 0.2) is 36.7 Å². The number of carbonyl (C=O) groups is 1. The molecule has 0 aliphatic carbocycles. The lowest BCUT2D eigenvalue weighted by molar-refractivity contribution is -0.0629. The highest BCUT2D eigenvalue weighted by molar-refractivity contribution is 7.47. The normalized spacial score (nSPS) is 19.6. The number of halogens is 1. The van der Waals surface area contributed by atoms with Gasteiger partial charge >= 0.3 is 13.8 Å². The van der Waals surface area contributed by atoms with Crippen LogP contribution in [0.1, 0.15) is 138 Å². The number of anilines is 1. The van der Waals surface area contributed by atoms with Gasteiger partial charge in [0.2, 0.25) is 0 Å². The fourth-order valence-corrected chi connectivity index (χ4v) is 7.84. The van der Waals surface area contributed by atoms with Crippen molar-refractivity contribution in [2.75, 3.05) is 32.2 Å². The highest BCUT2D eigenvalue weighted by Gasteiger charge is 2.50. The Morgan fingerprint density at radius 3 is 2.28 bits per heavy atom. The predicted molar refractivity (Wildman–Crippen MR) is 214 cm³/mol. The van der Waals surface area contributed by atoms with Gasteiger partial charge in [0.25, 0.3) is 0 Å². The molecule has 0 radical (unpaired) electrons. The molecule has 2 aromatic heterocycles. The molecule has 1 saturated heterocycles. The average Bonchev–Trinajstić information content (AvgIpc) is 3.79. The third-order valence-electron chi connectivity index (χ3n) is 10.3. The van der Waals surface area contributed by atoms with Gasteiger partial charge in [-0.3, -0.25) is 9.05 Å². The minimum absolute atomic E-state index is 0.0334. The zero-order chi connectivity index (χ0) is 41.8. The first-order valence-electron chi connectivity index (χ1n) is 20.7. The smallest absolute Gasteiger partial charge is 0.472 e. The highest BCUT2D eigenvalue weighted by atomic mass is 31.2. The first kappa shape index (κ1) is 47.2. The van der Waals surface area contributed by atoms with Crippen LogP contribution < -0.4 is 5.73 Å². The first-order valence-corrected chi connectivity index (χ1v) is 22.2. The number of rotatable bonds is 30. The van der Waals surface area contributed by atoms with Crippen LogP contribution >= 0.6 is 7.82 Å². The number of nitriles is 1. The van der Waals surface area contributed by atoms with Crippen molar-refractivity contribution in [3.63, 3.8) is 0 Å². The van der Waals surface area contributed by atoms with E-state index in [1.807, 2.05) is 0 Å². The molecule has 3 heterocycles. The van der Waals surface area contributed by atoms with Crippen LogP contribution in [0.2, 0.25) is 0 Å². The molecule has 1 unspecified atom stereocenters. The molecule has 58 heavy (non-hydrogen) atoms. The third-order valence-corrected chi connectivity index (χ3v) is 11.3. The molecular formula is C41H61FN5O10P. The van der Waals surface area contributed by atoms with Crippen molar-refractivity contribution in [2.24, 2.45) is 0 Å². The lowest BCUT2D eigenvalue weighted by atomic mass is 9.96. The van der Waals surface area contributed by atoms with Gasteiger partial charge in [0.05, 0.1) is 43.8 Å². The number of aliphatic hydroxyl groups is 1. The minimum atomic E-state index is -4.77. The number of benzene rings is 1. The lowest BCUT2D eigenvalue weighted by Crippen LogP contribution is -2.29. The zero-order valence-corrected chi connectivity index (χ0v) is 34.5. The summed E-state index contributed by atoms with van der Waals surface area (Å²) in [6.07, 6.45) is 17.6. The van der Waals surface area contributed by atoms with Gasteiger partial charge in [-0.1, -0.05) is 103 Å². The predicted octanol–water partition coefficient (Wildman–Crippen LogP) is 8.01. The number of nitrogen functional groups attached to an aromatic ring is 1. The summed E-state index contributed by atoms with van der Waals surface area (Å²) in [5, 5.41) is 34.4. The number of phosphoric ester groups is 1. The number of fused-ring (bicyclic) bond motifs is 1. The molecule has 17 heteroatoms. The molecule has 1 aliphatic rings. The van der Waals surface area contributed by atoms with Gasteiger partial charge in [-0.25, -0.2) is 23.2 Å². The van der Waals surface area contributed by atoms with Crippen molar-refractivity contribution in [3.8, 4) is 6.07 Å². The van der Waals surface area contributed by atoms with E-state index in [0.717, 1.165) is 31.4 Å². The average molecular weight is 834 g/mol. The van der Waals surface area contributed by atoms with Crippen molar-refractivity contribution in [3.05, 3.63) is 59.3 Å². The second kappa shape index (κ2) is 24.5. The molecule has 0 spiro atoms. The van der Waals surface area contributed by atoms with E-state index >= 15 is 0 Å². The molecule has 4 rings (SSSR count). The maximum atomic E-state index is 14.1. The number of nitrogens with two attached hydrogens (primary N) is 1. The molecular weight excluding hydrogens is 772 g/mol. The Balaban J connectivity index is 1.19. The van der Waals surface area contributed by atoms with Crippen LogP contribution in [0.5, 0.6) is 0 Å². The summed E-state index contributed by atoms with van der Waals surface area (Å²) in [6, 6.07) is 8.57.